The summed E-state index contributed by atoms with van der Waals surface area (Å²) in [6, 6.07) is 9.67. The molecule has 0 bridgehead atoms. The van der Waals surface area contributed by atoms with E-state index in [2.05, 4.69) is 20.5 Å². The van der Waals surface area contributed by atoms with E-state index in [1.807, 2.05) is 36.5 Å². The molecule has 0 aliphatic carbocycles. The van der Waals surface area contributed by atoms with Crippen LogP contribution in [0.5, 0.6) is 5.75 Å². The van der Waals surface area contributed by atoms with Crippen molar-refractivity contribution in [3.63, 3.8) is 0 Å². The van der Waals surface area contributed by atoms with Crippen molar-refractivity contribution in [3.05, 3.63) is 47.7 Å². The third-order valence-corrected chi connectivity index (χ3v) is 5.79. The topological polar surface area (TPSA) is 83.6 Å². The van der Waals surface area contributed by atoms with E-state index < -0.39 is 0 Å². The Morgan fingerprint density at radius 3 is 2.90 bits per heavy atom. The molecule has 1 aromatic carbocycles. The molecule has 0 spiro atoms. The molecule has 7 heteroatoms. The summed E-state index contributed by atoms with van der Waals surface area (Å²) in [6.45, 7) is 3.04. The number of aryl methyl sites for hydroxylation is 1. The Balaban J connectivity index is 1.20. The van der Waals surface area contributed by atoms with Gasteiger partial charge in [0.15, 0.2) is 0 Å². The first-order valence-electron chi connectivity index (χ1n) is 11.2. The van der Waals surface area contributed by atoms with Crippen LogP contribution in [-0.2, 0) is 22.6 Å². The SMILES string of the molecule is O=C(CCCOc1ccc2c(c1)CCC(=O)N2)NCc1cccnc1N1CCCCC1. The molecule has 2 N–H and O–H groups in total. The van der Waals surface area contributed by atoms with Gasteiger partial charge < -0.3 is 20.3 Å². The summed E-state index contributed by atoms with van der Waals surface area (Å²) >= 11 is 0. The van der Waals surface area contributed by atoms with Gasteiger partial charge in [-0.25, -0.2) is 4.98 Å². The van der Waals surface area contributed by atoms with E-state index in [9.17, 15) is 9.59 Å². The molecule has 164 valence electrons. The maximum Gasteiger partial charge on any atom is 0.224 e. The molecule has 0 atom stereocenters. The Hall–Kier alpha value is -3.09. The average Bonchev–Trinajstić information content (AvgIpc) is 2.81. The van der Waals surface area contributed by atoms with Crippen LogP contribution in [0.1, 0.15) is 49.7 Å². The third-order valence-electron chi connectivity index (χ3n) is 5.79. The van der Waals surface area contributed by atoms with Crippen LogP contribution < -0.4 is 20.3 Å². The number of carbonyl (C=O) groups excluding carboxylic acids is 2. The molecule has 0 saturated carbocycles. The number of nitrogens with one attached hydrogen (secondary N) is 2. The Morgan fingerprint density at radius 2 is 2.03 bits per heavy atom. The fourth-order valence-electron chi connectivity index (χ4n) is 4.11. The molecule has 2 aromatic rings. The van der Waals surface area contributed by atoms with E-state index in [1.165, 1.54) is 19.3 Å². The lowest BCUT2D eigenvalue weighted by atomic mass is 10.0. The normalized spacial score (nSPS) is 15.7. The molecule has 3 heterocycles. The minimum atomic E-state index is 0.0187. The van der Waals surface area contributed by atoms with Crippen molar-refractivity contribution in [3.8, 4) is 5.75 Å². The Morgan fingerprint density at radius 1 is 1.16 bits per heavy atom. The number of aromatic nitrogens is 1. The first-order chi connectivity index (χ1) is 15.2. The van der Waals surface area contributed by atoms with E-state index in [0.717, 1.165) is 47.9 Å². The number of amides is 2. The Bertz CT molecular complexity index is 925. The molecule has 2 aliphatic rings. The van der Waals surface area contributed by atoms with Crippen LogP contribution in [-0.4, -0.2) is 36.5 Å². The number of hydrogen-bond acceptors (Lipinski definition) is 5. The number of carbonyl (C=O) groups is 2. The number of pyridine rings is 1. The predicted octanol–water partition coefficient (Wildman–Crippen LogP) is 3.43. The molecule has 2 amide bonds. The van der Waals surface area contributed by atoms with Crippen LogP contribution in [0.3, 0.4) is 0 Å². The van der Waals surface area contributed by atoms with Crippen molar-refractivity contribution >= 4 is 23.3 Å². The smallest absolute Gasteiger partial charge is 0.224 e. The van der Waals surface area contributed by atoms with Crippen molar-refractivity contribution in [1.29, 1.82) is 0 Å². The van der Waals surface area contributed by atoms with E-state index in [4.69, 9.17) is 4.74 Å². The monoisotopic (exact) mass is 422 g/mol. The highest BCUT2D eigenvalue weighted by Gasteiger charge is 2.16. The summed E-state index contributed by atoms with van der Waals surface area (Å²) in [7, 11) is 0. The first-order valence-corrected chi connectivity index (χ1v) is 11.2. The molecule has 1 aromatic heterocycles. The highest BCUT2D eigenvalue weighted by Crippen LogP contribution is 2.27. The van der Waals surface area contributed by atoms with Gasteiger partial charge in [-0.15, -0.1) is 0 Å². The lowest BCUT2D eigenvalue weighted by molar-refractivity contribution is -0.121. The predicted molar refractivity (Wildman–Crippen MR) is 120 cm³/mol. The molecule has 7 nitrogen and oxygen atoms in total. The van der Waals surface area contributed by atoms with Crippen molar-refractivity contribution in [2.75, 3.05) is 29.9 Å². The van der Waals surface area contributed by atoms with Crippen molar-refractivity contribution in [1.82, 2.24) is 10.3 Å². The molecule has 0 unspecified atom stereocenters. The van der Waals surface area contributed by atoms with Crippen molar-refractivity contribution < 1.29 is 14.3 Å². The third kappa shape index (κ3) is 5.75. The van der Waals surface area contributed by atoms with E-state index in [0.29, 0.717) is 32.4 Å². The second kappa shape index (κ2) is 10.3. The van der Waals surface area contributed by atoms with Gasteiger partial charge in [0.1, 0.15) is 11.6 Å². The minimum Gasteiger partial charge on any atom is -0.494 e. The molecule has 31 heavy (non-hydrogen) atoms. The minimum absolute atomic E-state index is 0.0187. The van der Waals surface area contributed by atoms with Gasteiger partial charge in [0.2, 0.25) is 11.8 Å². The van der Waals surface area contributed by atoms with E-state index in [1.54, 1.807) is 0 Å². The lowest BCUT2D eigenvalue weighted by Gasteiger charge is -2.29. The largest absolute Gasteiger partial charge is 0.494 e. The highest BCUT2D eigenvalue weighted by molar-refractivity contribution is 5.94. The summed E-state index contributed by atoms with van der Waals surface area (Å²) in [5.74, 6) is 1.85. The number of ether oxygens (including phenoxy) is 1. The van der Waals surface area contributed by atoms with Gasteiger partial charge in [-0.1, -0.05) is 6.07 Å². The maximum absolute atomic E-state index is 12.3. The molecule has 4 rings (SSSR count). The zero-order valence-electron chi connectivity index (χ0n) is 17.9. The fourth-order valence-corrected chi connectivity index (χ4v) is 4.11. The van der Waals surface area contributed by atoms with Crippen LogP contribution in [0.4, 0.5) is 11.5 Å². The van der Waals surface area contributed by atoms with Gasteiger partial charge in [0, 0.05) is 49.9 Å². The van der Waals surface area contributed by atoms with E-state index >= 15 is 0 Å². The van der Waals surface area contributed by atoms with E-state index in [-0.39, 0.29) is 11.8 Å². The van der Waals surface area contributed by atoms with Crippen LogP contribution in [0.25, 0.3) is 0 Å². The quantitative estimate of drug-likeness (QED) is 0.637. The van der Waals surface area contributed by atoms with Crippen molar-refractivity contribution in [2.45, 2.75) is 51.5 Å². The van der Waals surface area contributed by atoms with Crippen LogP contribution in [0.15, 0.2) is 36.5 Å². The standard InChI is InChI=1S/C24H30N4O3/c29-22(26-17-19-6-4-12-25-24(19)28-13-2-1-3-14-28)7-5-15-31-20-9-10-21-18(16-20)8-11-23(30)27-21/h4,6,9-10,12,16H,1-3,5,7-8,11,13-15,17H2,(H,26,29)(H,27,30). The van der Waals surface area contributed by atoms with Gasteiger partial charge >= 0.3 is 0 Å². The number of piperidine rings is 1. The zero-order valence-corrected chi connectivity index (χ0v) is 17.9. The number of nitrogens with zero attached hydrogens (tertiary/aromatic N) is 2. The average molecular weight is 423 g/mol. The van der Waals surface area contributed by atoms with Crippen LogP contribution in [0.2, 0.25) is 0 Å². The van der Waals surface area contributed by atoms with Crippen LogP contribution >= 0.6 is 0 Å². The van der Waals surface area contributed by atoms with Crippen LogP contribution in [0, 0.1) is 0 Å². The van der Waals surface area contributed by atoms with Crippen molar-refractivity contribution in [2.24, 2.45) is 0 Å². The Kier molecular flexibility index (Phi) is 7.02. The highest BCUT2D eigenvalue weighted by atomic mass is 16.5. The number of rotatable bonds is 8. The number of fused-ring (bicyclic) bond motifs is 1. The summed E-state index contributed by atoms with van der Waals surface area (Å²) in [4.78, 5) is 30.6. The summed E-state index contributed by atoms with van der Waals surface area (Å²) in [5, 5.41) is 5.89. The van der Waals surface area contributed by atoms with Gasteiger partial charge in [0.25, 0.3) is 0 Å². The summed E-state index contributed by atoms with van der Waals surface area (Å²) in [6.07, 6.45) is 7.79. The molecule has 2 aliphatic heterocycles. The first kappa shape index (κ1) is 21.2. The maximum atomic E-state index is 12.3. The molecule has 0 radical (unpaired) electrons. The van der Waals surface area contributed by atoms with Gasteiger partial charge in [0.05, 0.1) is 6.61 Å². The molecule has 1 saturated heterocycles. The zero-order chi connectivity index (χ0) is 21.5. The molecule has 1 fully saturated rings. The summed E-state index contributed by atoms with van der Waals surface area (Å²) < 4.78 is 5.80. The number of hydrogen-bond donors (Lipinski definition) is 2. The second-order valence-electron chi connectivity index (χ2n) is 8.13. The molecular weight excluding hydrogens is 392 g/mol. The number of benzene rings is 1. The second-order valence-corrected chi connectivity index (χ2v) is 8.13. The molecular formula is C24H30N4O3. The summed E-state index contributed by atoms with van der Waals surface area (Å²) in [5.41, 5.74) is 3.02. The van der Waals surface area contributed by atoms with Gasteiger partial charge in [-0.05, 0) is 61.9 Å². The van der Waals surface area contributed by atoms with Gasteiger partial charge in [-0.2, -0.15) is 0 Å². The fraction of sp³-hybridized carbons (Fsp3) is 0.458. The number of anilines is 2. The lowest BCUT2D eigenvalue weighted by Crippen LogP contribution is -2.32. The Labute approximate surface area is 183 Å². The van der Waals surface area contributed by atoms with Gasteiger partial charge in [-0.3, -0.25) is 9.59 Å².